The van der Waals surface area contributed by atoms with E-state index in [9.17, 15) is 4.79 Å². The SMILES string of the molecule is Cc1ccccc1C1CCCN1C(=O)C1CC12CCNCC2.Cl. The molecule has 1 aromatic carbocycles. The Labute approximate surface area is 145 Å². The Kier molecular flexibility index (Phi) is 4.70. The summed E-state index contributed by atoms with van der Waals surface area (Å²) in [4.78, 5) is 15.3. The van der Waals surface area contributed by atoms with Gasteiger partial charge >= 0.3 is 0 Å². The molecule has 2 saturated heterocycles. The first kappa shape index (κ1) is 16.8. The first-order chi connectivity index (χ1) is 10.7. The largest absolute Gasteiger partial charge is 0.335 e. The van der Waals surface area contributed by atoms with Gasteiger partial charge in [0.2, 0.25) is 5.91 Å². The van der Waals surface area contributed by atoms with Crippen molar-refractivity contribution in [2.24, 2.45) is 11.3 Å². The third-order valence-electron chi connectivity index (χ3n) is 6.17. The molecule has 4 heteroatoms. The summed E-state index contributed by atoms with van der Waals surface area (Å²) in [6.07, 6.45) is 5.77. The van der Waals surface area contributed by atoms with E-state index >= 15 is 0 Å². The minimum Gasteiger partial charge on any atom is -0.335 e. The van der Waals surface area contributed by atoms with Crippen LogP contribution in [0.1, 0.15) is 49.3 Å². The number of halogens is 1. The highest BCUT2D eigenvalue weighted by Gasteiger charge is 2.59. The van der Waals surface area contributed by atoms with E-state index in [2.05, 4.69) is 41.4 Å². The molecule has 2 aliphatic heterocycles. The maximum absolute atomic E-state index is 13.1. The first-order valence-electron chi connectivity index (χ1n) is 8.78. The van der Waals surface area contributed by atoms with Crippen LogP contribution in [0.2, 0.25) is 0 Å². The quantitative estimate of drug-likeness (QED) is 0.898. The molecule has 1 spiro atoms. The molecule has 1 aliphatic carbocycles. The molecular weight excluding hydrogens is 308 g/mol. The predicted molar refractivity (Wildman–Crippen MR) is 94.8 cm³/mol. The summed E-state index contributed by atoms with van der Waals surface area (Å²) in [7, 11) is 0. The number of nitrogens with zero attached hydrogens (tertiary/aromatic N) is 1. The Morgan fingerprint density at radius 3 is 2.74 bits per heavy atom. The number of hydrogen-bond donors (Lipinski definition) is 1. The molecule has 0 aromatic heterocycles. The topological polar surface area (TPSA) is 32.3 Å². The van der Waals surface area contributed by atoms with Gasteiger partial charge in [-0.25, -0.2) is 0 Å². The van der Waals surface area contributed by atoms with Crippen molar-refractivity contribution in [1.29, 1.82) is 0 Å². The molecule has 2 unspecified atom stereocenters. The van der Waals surface area contributed by atoms with Crippen LogP contribution in [0, 0.1) is 18.3 Å². The third-order valence-corrected chi connectivity index (χ3v) is 6.17. The maximum atomic E-state index is 13.1. The summed E-state index contributed by atoms with van der Waals surface area (Å²) < 4.78 is 0. The highest BCUT2D eigenvalue weighted by Crippen LogP contribution is 2.60. The van der Waals surface area contributed by atoms with E-state index in [1.807, 2.05) is 0 Å². The van der Waals surface area contributed by atoms with Crippen LogP contribution in [-0.2, 0) is 4.79 Å². The van der Waals surface area contributed by atoms with E-state index in [0.29, 0.717) is 23.3 Å². The molecule has 3 fully saturated rings. The van der Waals surface area contributed by atoms with Gasteiger partial charge in [-0.1, -0.05) is 24.3 Å². The minimum atomic E-state index is 0. The number of piperidine rings is 1. The van der Waals surface area contributed by atoms with Crippen LogP contribution in [0.25, 0.3) is 0 Å². The van der Waals surface area contributed by atoms with Crippen LogP contribution >= 0.6 is 12.4 Å². The molecule has 0 bridgehead atoms. The lowest BCUT2D eigenvalue weighted by Gasteiger charge is -2.29. The molecule has 126 valence electrons. The molecule has 23 heavy (non-hydrogen) atoms. The zero-order chi connectivity index (χ0) is 15.2. The van der Waals surface area contributed by atoms with Crippen LogP contribution in [0.3, 0.4) is 0 Å². The fraction of sp³-hybridized carbons (Fsp3) is 0.632. The van der Waals surface area contributed by atoms with E-state index < -0.39 is 0 Å². The molecule has 1 saturated carbocycles. The Morgan fingerprint density at radius 2 is 2.00 bits per heavy atom. The summed E-state index contributed by atoms with van der Waals surface area (Å²) in [5.74, 6) is 0.742. The highest BCUT2D eigenvalue weighted by atomic mass is 35.5. The van der Waals surface area contributed by atoms with Crippen LogP contribution in [0.5, 0.6) is 0 Å². The normalized spacial score (nSPS) is 28.5. The second kappa shape index (κ2) is 6.45. The van der Waals surface area contributed by atoms with Gasteiger partial charge in [-0.05, 0) is 68.7 Å². The smallest absolute Gasteiger partial charge is 0.226 e. The van der Waals surface area contributed by atoms with Crippen LogP contribution < -0.4 is 5.32 Å². The van der Waals surface area contributed by atoms with Crippen LogP contribution in [0.15, 0.2) is 24.3 Å². The van der Waals surface area contributed by atoms with Crippen molar-refractivity contribution >= 4 is 18.3 Å². The van der Waals surface area contributed by atoms with Crippen LogP contribution in [0.4, 0.5) is 0 Å². The molecule has 3 aliphatic rings. The van der Waals surface area contributed by atoms with Crippen molar-refractivity contribution in [2.45, 2.75) is 45.1 Å². The summed E-state index contributed by atoms with van der Waals surface area (Å²) in [5.41, 5.74) is 3.02. The third kappa shape index (κ3) is 2.89. The zero-order valence-electron chi connectivity index (χ0n) is 13.9. The van der Waals surface area contributed by atoms with Gasteiger partial charge in [0.15, 0.2) is 0 Å². The van der Waals surface area contributed by atoms with Crippen molar-refractivity contribution in [2.75, 3.05) is 19.6 Å². The number of likely N-dealkylation sites (tertiary alicyclic amines) is 1. The van der Waals surface area contributed by atoms with Gasteiger partial charge in [0.1, 0.15) is 0 Å². The van der Waals surface area contributed by atoms with Crippen molar-refractivity contribution < 1.29 is 4.79 Å². The van der Waals surface area contributed by atoms with Gasteiger partial charge in [0.25, 0.3) is 0 Å². The molecule has 1 amide bonds. The lowest BCUT2D eigenvalue weighted by atomic mass is 9.91. The van der Waals surface area contributed by atoms with E-state index in [4.69, 9.17) is 0 Å². The van der Waals surface area contributed by atoms with Gasteiger partial charge < -0.3 is 10.2 Å². The Hall–Kier alpha value is -1.06. The molecule has 1 N–H and O–H groups in total. The number of carbonyl (C=O) groups excluding carboxylic acids is 1. The molecular formula is C19H27ClN2O. The lowest BCUT2D eigenvalue weighted by Crippen LogP contribution is -2.36. The molecule has 1 aromatic rings. The minimum absolute atomic E-state index is 0. The van der Waals surface area contributed by atoms with E-state index in [1.54, 1.807) is 0 Å². The number of hydrogen-bond acceptors (Lipinski definition) is 2. The monoisotopic (exact) mass is 334 g/mol. The summed E-state index contributed by atoms with van der Waals surface area (Å²) in [6, 6.07) is 8.88. The molecule has 0 radical (unpaired) electrons. The standard InChI is InChI=1S/C19H26N2O.ClH/c1-14-5-2-3-6-15(14)17-7-4-12-21(17)18(22)16-13-19(16)8-10-20-11-9-19;/h2-3,5-6,16-17,20H,4,7-13H2,1H3;1H. The van der Waals surface area contributed by atoms with E-state index in [1.165, 1.54) is 24.0 Å². The van der Waals surface area contributed by atoms with Gasteiger partial charge in [0, 0.05) is 12.5 Å². The summed E-state index contributed by atoms with van der Waals surface area (Å²) in [6.45, 7) is 5.29. The number of carbonyl (C=O) groups is 1. The number of aryl methyl sites for hydroxylation is 1. The Bertz CT molecular complexity index is 582. The molecule has 3 nitrogen and oxygen atoms in total. The van der Waals surface area contributed by atoms with Gasteiger partial charge in [0.05, 0.1) is 6.04 Å². The van der Waals surface area contributed by atoms with E-state index in [0.717, 1.165) is 38.9 Å². The average molecular weight is 335 g/mol. The van der Waals surface area contributed by atoms with Gasteiger partial charge in [-0.15, -0.1) is 12.4 Å². The number of benzene rings is 1. The second-order valence-corrected chi connectivity index (χ2v) is 7.42. The number of amides is 1. The highest BCUT2D eigenvalue weighted by molar-refractivity contribution is 5.85. The van der Waals surface area contributed by atoms with Gasteiger partial charge in [-0.3, -0.25) is 4.79 Å². The molecule has 2 atom stereocenters. The van der Waals surface area contributed by atoms with Gasteiger partial charge in [-0.2, -0.15) is 0 Å². The zero-order valence-corrected chi connectivity index (χ0v) is 14.7. The lowest BCUT2D eigenvalue weighted by molar-refractivity contribution is -0.134. The summed E-state index contributed by atoms with van der Waals surface area (Å²) >= 11 is 0. The predicted octanol–water partition coefficient (Wildman–Crippen LogP) is 3.47. The Morgan fingerprint density at radius 1 is 1.26 bits per heavy atom. The molecule has 4 rings (SSSR count). The van der Waals surface area contributed by atoms with Crippen molar-refractivity contribution in [3.63, 3.8) is 0 Å². The first-order valence-corrected chi connectivity index (χ1v) is 8.78. The fourth-order valence-electron chi connectivity index (χ4n) is 4.69. The average Bonchev–Trinajstić information content (AvgIpc) is 3.01. The second-order valence-electron chi connectivity index (χ2n) is 7.42. The van der Waals surface area contributed by atoms with Crippen molar-refractivity contribution in [3.05, 3.63) is 35.4 Å². The number of nitrogens with one attached hydrogen (secondary N) is 1. The fourth-order valence-corrected chi connectivity index (χ4v) is 4.69. The number of rotatable bonds is 2. The Balaban J connectivity index is 0.00000156. The maximum Gasteiger partial charge on any atom is 0.226 e. The van der Waals surface area contributed by atoms with Crippen molar-refractivity contribution in [3.8, 4) is 0 Å². The summed E-state index contributed by atoms with van der Waals surface area (Å²) in [5, 5.41) is 3.43. The van der Waals surface area contributed by atoms with Crippen LogP contribution in [-0.4, -0.2) is 30.4 Å². The van der Waals surface area contributed by atoms with E-state index in [-0.39, 0.29) is 12.4 Å². The van der Waals surface area contributed by atoms with Crippen molar-refractivity contribution in [1.82, 2.24) is 10.2 Å². The molecule has 2 heterocycles.